The monoisotopic (exact) mass is 379 g/mol. The summed E-state index contributed by atoms with van der Waals surface area (Å²) in [6.45, 7) is 0.904. The quantitative estimate of drug-likeness (QED) is 0.481. The van der Waals surface area contributed by atoms with Gasteiger partial charge in [-0.1, -0.05) is 23.7 Å². The van der Waals surface area contributed by atoms with Gasteiger partial charge in [0, 0.05) is 31.1 Å². The van der Waals surface area contributed by atoms with Crippen molar-refractivity contribution in [3.63, 3.8) is 0 Å². The van der Waals surface area contributed by atoms with Gasteiger partial charge < -0.3 is 10.6 Å². The first-order valence-electron chi connectivity index (χ1n) is 5.85. The zero-order chi connectivity index (χ0) is 12.3. The highest BCUT2D eigenvalue weighted by Crippen LogP contribution is 2.48. The Balaban J connectivity index is 0.00000162. The molecule has 0 bridgehead atoms. The predicted molar refractivity (Wildman–Crippen MR) is 88.2 cm³/mol. The minimum Gasteiger partial charge on any atom is -0.359 e. The van der Waals surface area contributed by atoms with E-state index >= 15 is 0 Å². The molecule has 3 nitrogen and oxygen atoms in total. The molecule has 0 amide bonds. The van der Waals surface area contributed by atoms with Gasteiger partial charge in [0.05, 0.1) is 0 Å². The maximum Gasteiger partial charge on any atom is 0.190 e. The van der Waals surface area contributed by atoms with Crippen LogP contribution in [0.25, 0.3) is 0 Å². The van der Waals surface area contributed by atoms with Crippen LogP contribution >= 0.6 is 35.6 Å². The Morgan fingerprint density at radius 3 is 2.67 bits per heavy atom. The Kier molecular flexibility index (Phi) is 5.72. The Morgan fingerprint density at radius 1 is 1.44 bits per heavy atom. The summed E-state index contributed by atoms with van der Waals surface area (Å²) in [6.07, 6.45) is 2.42. The van der Waals surface area contributed by atoms with Crippen LogP contribution in [0.15, 0.2) is 29.3 Å². The van der Waals surface area contributed by atoms with Crippen molar-refractivity contribution in [1.29, 1.82) is 0 Å². The van der Waals surface area contributed by atoms with Crippen LogP contribution in [-0.4, -0.2) is 26.6 Å². The number of benzene rings is 1. The number of aliphatic imine (C=N–C) groups is 1. The standard InChI is InChI=1S/C13H18ClN3.HI/c1-15-12(16-2)17-9-13(6-7-13)10-4-3-5-11(14)8-10;/h3-5,8H,6-7,9H2,1-2H3,(H2,15,16,17);1H. The fraction of sp³-hybridized carbons (Fsp3) is 0.462. The molecule has 18 heavy (non-hydrogen) atoms. The van der Waals surface area contributed by atoms with E-state index in [0.29, 0.717) is 0 Å². The fourth-order valence-electron chi connectivity index (χ4n) is 2.07. The van der Waals surface area contributed by atoms with Crippen molar-refractivity contribution < 1.29 is 0 Å². The molecule has 0 unspecified atom stereocenters. The van der Waals surface area contributed by atoms with Crippen molar-refractivity contribution in [3.05, 3.63) is 34.9 Å². The smallest absolute Gasteiger partial charge is 0.190 e. The molecule has 0 spiro atoms. The Labute approximate surface area is 130 Å². The van der Waals surface area contributed by atoms with E-state index in [1.165, 1.54) is 18.4 Å². The van der Waals surface area contributed by atoms with Gasteiger partial charge in [0.2, 0.25) is 0 Å². The van der Waals surface area contributed by atoms with Gasteiger partial charge in [-0.15, -0.1) is 24.0 Å². The minimum atomic E-state index is 0. The first-order valence-corrected chi connectivity index (χ1v) is 6.22. The molecule has 0 radical (unpaired) electrons. The van der Waals surface area contributed by atoms with E-state index in [-0.39, 0.29) is 29.4 Å². The largest absolute Gasteiger partial charge is 0.359 e. The molecule has 1 fully saturated rings. The highest BCUT2D eigenvalue weighted by molar-refractivity contribution is 14.0. The van der Waals surface area contributed by atoms with E-state index in [0.717, 1.165) is 17.5 Å². The lowest BCUT2D eigenvalue weighted by molar-refractivity contribution is 0.651. The molecule has 1 saturated carbocycles. The predicted octanol–water partition coefficient (Wildman–Crippen LogP) is 2.78. The molecular weight excluding hydrogens is 361 g/mol. The number of nitrogens with zero attached hydrogens (tertiary/aromatic N) is 1. The molecular formula is C13H19ClIN3. The van der Waals surface area contributed by atoms with Gasteiger partial charge in [-0.2, -0.15) is 0 Å². The van der Waals surface area contributed by atoms with Crippen LogP contribution < -0.4 is 10.6 Å². The Morgan fingerprint density at radius 2 is 2.17 bits per heavy atom. The average Bonchev–Trinajstić information content (AvgIpc) is 3.12. The van der Waals surface area contributed by atoms with Gasteiger partial charge in [0.25, 0.3) is 0 Å². The van der Waals surface area contributed by atoms with Crippen LogP contribution in [0, 0.1) is 0 Å². The topological polar surface area (TPSA) is 36.4 Å². The molecule has 0 atom stereocenters. The lowest BCUT2D eigenvalue weighted by Crippen LogP contribution is -2.39. The molecule has 0 saturated heterocycles. The van der Waals surface area contributed by atoms with Crippen molar-refractivity contribution >= 4 is 41.5 Å². The first-order chi connectivity index (χ1) is 8.20. The molecule has 0 aromatic heterocycles. The SMILES string of the molecule is CN=C(NC)NCC1(c2cccc(Cl)c2)CC1.I. The molecule has 5 heteroatoms. The molecule has 1 aromatic carbocycles. The van der Waals surface area contributed by atoms with Crippen molar-refractivity contribution in [1.82, 2.24) is 10.6 Å². The van der Waals surface area contributed by atoms with Gasteiger partial charge in [-0.05, 0) is 30.5 Å². The van der Waals surface area contributed by atoms with E-state index in [9.17, 15) is 0 Å². The van der Waals surface area contributed by atoms with Crippen molar-refractivity contribution in [2.24, 2.45) is 4.99 Å². The third-order valence-electron chi connectivity index (χ3n) is 3.35. The summed E-state index contributed by atoms with van der Waals surface area (Å²) in [6, 6.07) is 8.16. The summed E-state index contributed by atoms with van der Waals surface area (Å²) in [5.41, 5.74) is 1.57. The molecule has 100 valence electrons. The summed E-state index contributed by atoms with van der Waals surface area (Å²) in [4.78, 5) is 4.12. The molecule has 1 aliphatic carbocycles. The van der Waals surface area contributed by atoms with Gasteiger partial charge in [0.15, 0.2) is 5.96 Å². The minimum absolute atomic E-state index is 0. The molecule has 2 rings (SSSR count). The Hall–Kier alpha value is -0.490. The van der Waals surface area contributed by atoms with Crippen LogP contribution in [0.2, 0.25) is 5.02 Å². The van der Waals surface area contributed by atoms with Crippen LogP contribution in [-0.2, 0) is 5.41 Å². The van der Waals surface area contributed by atoms with Crippen LogP contribution in [0.5, 0.6) is 0 Å². The van der Waals surface area contributed by atoms with Gasteiger partial charge >= 0.3 is 0 Å². The van der Waals surface area contributed by atoms with Crippen LogP contribution in [0.1, 0.15) is 18.4 Å². The zero-order valence-electron chi connectivity index (χ0n) is 10.7. The van der Waals surface area contributed by atoms with Crippen molar-refractivity contribution in [2.45, 2.75) is 18.3 Å². The van der Waals surface area contributed by atoms with Gasteiger partial charge in [0.1, 0.15) is 0 Å². The van der Waals surface area contributed by atoms with Gasteiger partial charge in [-0.3, -0.25) is 4.99 Å². The number of rotatable bonds is 3. The number of nitrogens with one attached hydrogen (secondary N) is 2. The maximum absolute atomic E-state index is 6.04. The van der Waals surface area contributed by atoms with Crippen LogP contribution in [0.4, 0.5) is 0 Å². The first kappa shape index (κ1) is 15.6. The molecule has 1 aromatic rings. The van der Waals surface area contributed by atoms with E-state index < -0.39 is 0 Å². The highest BCUT2D eigenvalue weighted by atomic mass is 127. The number of halogens is 2. The lowest BCUT2D eigenvalue weighted by Gasteiger charge is -2.18. The van der Waals surface area contributed by atoms with Gasteiger partial charge in [-0.25, -0.2) is 0 Å². The van der Waals surface area contributed by atoms with E-state index in [1.54, 1.807) is 7.05 Å². The average molecular weight is 380 g/mol. The lowest BCUT2D eigenvalue weighted by atomic mass is 9.96. The third-order valence-corrected chi connectivity index (χ3v) is 3.58. The second-order valence-corrected chi connectivity index (χ2v) is 4.90. The Bertz CT molecular complexity index is 430. The van der Waals surface area contributed by atoms with E-state index in [1.807, 2.05) is 19.2 Å². The number of hydrogen-bond donors (Lipinski definition) is 2. The van der Waals surface area contributed by atoms with E-state index in [2.05, 4.69) is 27.8 Å². The molecule has 1 aliphatic rings. The third kappa shape index (κ3) is 3.51. The van der Waals surface area contributed by atoms with Crippen molar-refractivity contribution in [3.8, 4) is 0 Å². The number of guanidine groups is 1. The second-order valence-electron chi connectivity index (χ2n) is 4.47. The molecule has 0 aliphatic heterocycles. The fourth-order valence-corrected chi connectivity index (χ4v) is 2.26. The van der Waals surface area contributed by atoms with Crippen LogP contribution in [0.3, 0.4) is 0 Å². The maximum atomic E-state index is 6.04. The van der Waals surface area contributed by atoms with E-state index in [4.69, 9.17) is 11.6 Å². The summed E-state index contributed by atoms with van der Waals surface area (Å²) in [5.74, 6) is 0.832. The highest BCUT2D eigenvalue weighted by Gasteiger charge is 2.44. The number of hydrogen-bond acceptors (Lipinski definition) is 1. The van der Waals surface area contributed by atoms with Crippen molar-refractivity contribution in [2.75, 3.05) is 20.6 Å². The molecule has 0 heterocycles. The summed E-state index contributed by atoms with van der Waals surface area (Å²) in [7, 11) is 3.64. The summed E-state index contributed by atoms with van der Waals surface area (Å²) >= 11 is 6.04. The molecule has 2 N–H and O–H groups in total. The summed E-state index contributed by atoms with van der Waals surface area (Å²) in [5, 5.41) is 7.18. The summed E-state index contributed by atoms with van der Waals surface area (Å²) < 4.78 is 0. The second kappa shape index (κ2) is 6.61. The normalized spacial score (nSPS) is 16.7. The zero-order valence-corrected chi connectivity index (χ0v) is 13.8.